The lowest BCUT2D eigenvalue weighted by atomic mass is 10.2. The Morgan fingerprint density at radius 1 is 1.05 bits per heavy atom. The second kappa shape index (κ2) is 4.98. The fourth-order valence-corrected chi connectivity index (χ4v) is 2.86. The van der Waals surface area contributed by atoms with Crippen LogP contribution in [0, 0.1) is 0 Å². The van der Waals surface area contributed by atoms with Crippen molar-refractivity contribution in [2.45, 2.75) is 0 Å². The van der Waals surface area contributed by atoms with Crippen molar-refractivity contribution >= 4 is 37.5 Å². The van der Waals surface area contributed by atoms with E-state index in [-0.39, 0.29) is 0 Å². The minimum Gasteiger partial charge on any atom is -0.497 e. The molecular formula is C14H10Br2N2O. The van der Waals surface area contributed by atoms with Crippen LogP contribution in [-0.2, 0) is 0 Å². The molecule has 0 aliphatic carbocycles. The molecule has 0 aliphatic rings. The predicted octanol–water partition coefficient (Wildman–Crippen LogP) is 4.53. The summed E-state index contributed by atoms with van der Waals surface area (Å²) in [4.78, 5) is 4.63. The molecule has 2 aromatic heterocycles. The maximum atomic E-state index is 5.17. The van der Waals surface area contributed by atoms with E-state index in [1.54, 1.807) is 7.11 Å². The van der Waals surface area contributed by atoms with Crippen LogP contribution in [0.15, 0.2) is 51.7 Å². The van der Waals surface area contributed by atoms with Crippen LogP contribution < -0.4 is 4.74 Å². The highest BCUT2D eigenvalue weighted by Gasteiger charge is 2.11. The molecule has 0 atom stereocenters. The zero-order valence-corrected chi connectivity index (χ0v) is 13.3. The smallest absolute Gasteiger partial charge is 0.138 e. The molecule has 0 unspecified atom stereocenters. The molecule has 96 valence electrons. The fraction of sp³-hybridized carbons (Fsp3) is 0.0714. The number of aromatic nitrogens is 2. The highest BCUT2D eigenvalue weighted by molar-refractivity contribution is 9.10. The number of fused-ring (bicyclic) bond motifs is 1. The van der Waals surface area contributed by atoms with Crippen LogP contribution in [0.3, 0.4) is 0 Å². The Morgan fingerprint density at radius 3 is 2.47 bits per heavy atom. The first-order chi connectivity index (χ1) is 9.19. The van der Waals surface area contributed by atoms with Crippen molar-refractivity contribution in [1.29, 1.82) is 0 Å². The van der Waals surface area contributed by atoms with Crippen LogP contribution in [0.2, 0.25) is 0 Å². The van der Waals surface area contributed by atoms with Crippen molar-refractivity contribution in [2.24, 2.45) is 0 Å². The molecule has 0 saturated heterocycles. The van der Waals surface area contributed by atoms with Crippen molar-refractivity contribution in [2.75, 3.05) is 7.11 Å². The van der Waals surface area contributed by atoms with Gasteiger partial charge in [-0.3, -0.25) is 4.40 Å². The van der Waals surface area contributed by atoms with Gasteiger partial charge in [-0.15, -0.1) is 0 Å². The molecule has 19 heavy (non-hydrogen) atoms. The van der Waals surface area contributed by atoms with Gasteiger partial charge >= 0.3 is 0 Å². The largest absolute Gasteiger partial charge is 0.497 e. The van der Waals surface area contributed by atoms with Crippen LogP contribution in [0.5, 0.6) is 5.75 Å². The number of hydrogen-bond donors (Lipinski definition) is 0. The molecule has 0 fully saturated rings. The highest BCUT2D eigenvalue weighted by Crippen LogP contribution is 2.30. The van der Waals surface area contributed by atoms with E-state index < -0.39 is 0 Å². The van der Waals surface area contributed by atoms with Crippen LogP contribution in [-0.4, -0.2) is 16.5 Å². The second-order valence-corrected chi connectivity index (χ2v) is 5.72. The SMILES string of the molecule is COc1ccc(-c2nc3ccc(Br)cn3c2Br)cc1. The third-order valence-electron chi connectivity index (χ3n) is 2.89. The molecule has 0 amide bonds. The number of benzene rings is 1. The molecular weight excluding hydrogens is 372 g/mol. The average molecular weight is 382 g/mol. The number of halogens is 2. The Hall–Kier alpha value is -1.33. The Kier molecular flexibility index (Phi) is 3.33. The van der Waals surface area contributed by atoms with E-state index in [2.05, 4.69) is 36.8 Å². The molecule has 0 saturated carbocycles. The molecule has 3 nitrogen and oxygen atoms in total. The van der Waals surface area contributed by atoms with Gasteiger partial charge in [0.25, 0.3) is 0 Å². The second-order valence-electron chi connectivity index (χ2n) is 4.06. The maximum absolute atomic E-state index is 5.17. The summed E-state index contributed by atoms with van der Waals surface area (Å²) in [5.74, 6) is 0.839. The van der Waals surface area contributed by atoms with Gasteiger partial charge in [0, 0.05) is 16.2 Å². The van der Waals surface area contributed by atoms with Gasteiger partial charge in [0.05, 0.1) is 7.11 Å². The van der Waals surface area contributed by atoms with Crippen molar-refractivity contribution in [3.05, 3.63) is 51.7 Å². The number of imidazole rings is 1. The minimum absolute atomic E-state index is 0.839. The first kappa shape index (κ1) is 12.7. The van der Waals surface area contributed by atoms with Crippen LogP contribution in [0.4, 0.5) is 0 Å². The van der Waals surface area contributed by atoms with Crippen molar-refractivity contribution in [1.82, 2.24) is 9.38 Å². The Labute approximate surface area is 127 Å². The number of nitrogens with zero attached hydrogens (tertiary/aromatic N) is 2. The molecule has 0 spiro atoms. The summed E-state index contributed by atoms with van der Waals surface area (Å²) in [5, 5.41) is 0. The average Bonchev–Trinajstić information content (AvgIpc) is 2.76. The summed E-state index contributed by atoms with van der Waals surface area (Å²) in [6.07, 6.45) is 1.99. The van der Waals surface area contributed by atoms with Crippen LogP contribution in [0.25, 0.3) is 16.9 Å². The molecule has 2 heterocycles. The summed E-state index contributed by atoms with van der Waals surface area (Å²) < 4.78 is 9.12. The summed E-state index contributed by atoms with van der Waals surface area (Å²) >= 11 is 7.07. The third kappa shape index (κ3) is 2.28. The van der Waals surface area contributed by atoms with E-state index in [4.69, 9.17) is 4.74 Å². The third-order valence-corrected chi connectivity index (χ3v) is 4.11. The molecule has 0 N–H and O–H groups in total. The van der Waals surface area contributed by atoms with E-state index in [9.17, 15) is 0 Å². The first-order valence-electron chi connectivity index (χ1n) is 5.66. The van der Waals surface area contributed by atoms with E-state index in [0.29, 0.717) is 0 Å². The fourth-order valence-electron chi connectivity index (χ4n) is 1.92. The van der Waals surface area contributed by atoms with Gasteiger partial charge in [-0.05, 0) is 68.3 Å². The molecule has 0 radical (unpaired) electrons. The lowest BCUT2D eigenvalue weighted by molar-refractivity contribution is 0.415. The van der Waals surface area contributed by atoms with Gasteiger partial charge in [-0.2, -0.15) is 0 Å². The van der Waals surface area contributed by atoms with Gasteiger partial charge in [0.2, 0.25) is 0 Å². The Morgan fingerprint density at radius 2 is 1.79 bits per heavy atom. The Balaban J connectivity index is 2.16. The van der Waals surface area contributed by atoms with Gasteiger partial charge < -0.3 is 4.74 Å². The van der Waals surface area contributed by atoms with Crippen molar-refractivity contribution in [3.8, 4) is 17.0 Å². The number of methoxy groups -OCH3 is 1. The normalized spacial score (nSPS) is 10.9. The molecule has 0 bridgehead atoms. The molecule has 0 aliphatic heterocycles. The summed E-state index contributed by atoms with van der Waals surface area (Å²) in [6, 6.07) is 11.8. The standard InChI is InChI=1S/C14H10Br2N2O/c1-19-11-5-2-9(3-6-11)13-14(16)18-8-10(15)4-7-12(18)17-13/h2-8H,1H3. The molecule has 3 aromatic rings. The van der Waals surface area contributed by atoms with E-state index in [1.165, 1.54) is 0 Å². The van der Waals surface area contributed by atoms with Crippen molar-refractivity contribution in [3.63, 3.8) is 0 Å². The summed E-state index contributed by atoms with van der Waals surface area (Å²) in [5.41, 5.74) is 2.87. The molecule has 1 aromatic carbocycles. The quantitative estimate of drug-likeness (QED) is 0.651. The van der Waals surface area contributed by atoms with Gasteiger partial charge in [0.1, 0.15) is 21.7 Å². The maximum Gasteiger partial charge on any atom is 0.138 e. The van der Waals surface area contributed by atoms with Crippen LogP contribution in [0.1, 0.15) is 0 Å². The topological polar surface area (TPSA) is 26.5 Å². The first-order valence-corrected chi connectivity index (χ1v) is 7.25. The van der Waals surface area contributed by atoms with Gasteiger partial charge in [-0.1, -0.05) is 0 Å². The lowest BCUT2D eigenvalue weighted by Gasteiger charge is -2.01. The zero-order valence-electron chi connectivity index (χ0n) is 10.1. The minimum atomic E-state index is 0.839. The van der Waals surface area contributed by atoms with E-state index >= 15 is 0 Å². The number of hydrogen-bond acceptors (Lipinski definition) is 2. The predicted molar refractivity (Wildman–Crippen MR) is 82.6 cm³/mol. The van der Waals surface area contributed by atoms with E-state index in [1.807, 2.05) is 47.0 Å². The van der Waals surface area contributed by atoms with Crippen LogP contribution >= 0.6 is 31.9 Å². The Bertz CT molecular complexity index is 735. The monoisotopic (exact) mass is 380 g/mol. The zero-order chi connectivity index (χ0) is 13.4. The lowest BCUT2D eigenvalue weighted by Crippen LogP contribution is -1.84. The van der Waals surface area contributed by atoms with Crippen molar-refractivity contribution < 1.29 is 4.74 Å². The molecule has 3 rings (SSSR count). The number of rotatable bonds is 2. The number of ether oxygens (including phenoxy) is 1. The highest BCUT2D eigenvalue weighted by atomic mass is 79.9. The summed E-state index contributed by atoms with van der Waals surface area (Å²) in [6.45, 7) is 0. The number of pyridine rings is 1. The molecule has 5 heteroatoms. The van der Waals surface area contributed by atoms with Gasteiger partial charge in [-0.25, -0.2) is 4.98 Å². The van der Waals surface area contributed by atoms with E-state index in [0.717, 1.165) is 31.7 Å². The van der Waals surface area contributed by atoms with Gasteiger partial charge in [0.15, 0.2) is 0 Å². The summed E-state index contributed by atoms with van der Waals surface area (Å²) in [7, 11) is 1.66.